The molecule has 0 bridgehead atoms. The average molecular weight is 267 g/mol. The molecule has 0 aliphatic heterocycles. The Morgan fingerprint density at radius 2 is 2.05 bits per heavy atom. The summed E-state index contributed by atoms with van der Waals surface area (Å²) < 4.78 is 5.74. The van der Waals surface area contributed by atoms with Crippen molar-refractivity contribution in [2.24, 2.45) is 5.73 Å². The Balaban J connectivity index is 1.92. The molecule has 2 aromatic carbocycles. The molecule has 104 valence electrons. The predicted molar refractivity (Wildman–Crippen MR) is 82.2 cm³/mol. The summed E-state index contributed by atoms with van der Waals surface area (Å²) in [5, 5.41) is 0. The van der Waals surface area contributed by atoms with Crippen molar-refractivity contribution in [2.45, 2.75) is 32.2 Å². The first-order valence-electron chi connectivity index (χ1n) is 7.27. The molecule has 1 aliphatic rings. The van der Waals surface area contributed by atoms with E-state index < -0.39 is 0 Å². The van der Waals surface area contributed by atoms with Crippen LogP contribution >= 0.6 is 0 Å². The van der Waals surface area contributed by atoms with Crippen LogP contribution < -0.4 is 10.5 Å². The van der Waals surface area contributed by atoms with E-state index >= 15 is 0 Å². The Labute approximate surface area is 120 Å². The van der Waals surface area contributed by atoms with Gasteiger partial charge in [-0.2, -0.15) is 0 Å². The van der Waals surface area contributed by atoms with Crippen molar-refractivity contribution in [3.8, 4) is 5.75 Å². The topological polar surface area (TPSA) is 35.2 Å². The summed E-state index contributed by atoms with van der Waals surface area (Å²) in [4.78, 5) is 0. The van der Waals surface area contributed by atoms with Gasteiger partial charge < -0.3 is 10.5 Å². The van der Waals surface area contributed by atoms with Crippen LogP contribution in [0.4, 0.5) is 0 Å². The molecule has 0 fully saturated rings. The highest BCUT2D eigenvalue weighted by Gasteiger charge is 2.32. The summed E-state index contributed by atoms with van der Waals surface area (Å²) in [5.41, 5.74) is 11.7. The lowest BCUT2D eigenvalue weighted by Crippen LogP contribution is -2.29. The van der Waals surface area contributed by atoms with Crippen LogP contribution in [-0.4, -0.2) is 6.61 Å². The zero-order valence-corrected chi connectivity index (χ0v) is 12.1. The molecule has 0 saturated heterocycles. The minimum Gasteiger partial charge on any atom is -0.494 e. The standard InChI is InChI=1S/C18H21NO/c1-3-20-17-9-8-12(2)10-16(17)18(19)15-11-13-6-4-5-7-14(13)15/h4-10,15,18H,3,11,19H2,1-2H3. The number of benzene rings is 2. The van der Waals surface area contributed by atoms with Crippen LogP contribution in [0.5, 0.6) is 5.75 Å². The Morgan fingerprint density at radius 1 is 1.25 bits per heavy atom. The number of hydrogen-bond acceptors (Lipinski definition) is 2. The van der Waals surface area contributed by atoms with Crippen molar-refractivity contribution >= 4 is 0 Å². The van der Waals surface area contributed by atoms with Gasteiger partial charge in [-0.05, 0) is 37.5 Å². The van der Waals surface area contributed by atoms with Gasteiger partial charge in [-0.15, -0.1) is 0 Å². The van der Waals surface area contributed by atoms with E-state index in [0.717, 1.165) is 17.7 Å². The molecule has 0 heterocycles. The van der Waals surface area contributed by atoms with E-state index in [1.807, 2.05) is 13.0 Å². The predicted octanol–water partition coefficient (Wildman–Crippen LogP) is 3.73. The number of rotatable bonds is 4. The molecule has 0 saturated carbocycles. The maximum absolute atomic E-state index is 6.54. The second kappa shape index (κ2) is 5.29. The third kappa shape index (κ3) is 2.20. The molecule has 2 atom stereocenters. The average Bonchev–Trinajstić information content (AvgIpc) is 2.42. The molecule has 1 aliphatic carbocycles. The van der Waals surface area contributed by atoms with Gasteiger partial charge in [0.15, 0.2) is 0 Å². The molecule has 0 aromatic heterocycles. The zero-order valence-electron chi connectivity index (χ0n) is 12.1. The van der Waals surface area contributed by atoms with Crippen LogP contribution in [0.25, 0.3) is 0 Å². The number of aryl methyl sites for hydroxylation is 1. The lowest BCUT2D eigenvalue weighted by molar-refractivity contribution is 0.330. The molecule has 2 unspecified atom stereocenters. The van der Waals surface area contributed by atoms with E-state index in [2.05, 4.69) is 43.3 Å². The summed E-state index contributed by atoms with van der Waals surface area (Å²) in [6.07, 6.45) is 1.07. The lowest BCUT2D eigenvalue weighted by Gasteiger charge is -2.35. The Bertz CT molecular complexity index is 621. The van der Waals surface area contributed by atoms with Crippen LogP contribution in [0, 0.1) is 6.92 Å². The van der Waals surface area contributed by atoms with Crippen molar-refractivity contribution < 1.29 is 4.74 Å². The van der Waals surface area contributed by atoms with Gasteiger partial charge in [0.1, 0.15) is 5.75 Å². The first-order valence-corrected chi connectivity index (χ1v) is 7.27. The maximum Gasteiger partial charge on any atom is 0.124 e. The number of fused-ring (bicyclic) bond motifs is 1. The van der Waals surface area contributed by atoms with Crippen molar-refractivity contribution in [1.29, 1.82) is 0 Å². The lowest BCUT2D eigenvalue weighted by atomic mass is 9.72. The van der Waals surface area contributed by atoms with E-state index in [9.17, 15) is 0 Å². The van der Waals surface area contributed by atoms with Crippen LogP contribution in [-0.2, 0) is 6.42 Å². The zero-order chi connectivity index (χ0) is 14.1. The van der Waals surface area contributed by atoms with Crippen LogP contribution in [0.3, 0.4) is 0 Å². The highest BCUT2D eigenvalue weighted by atomic mass is 16.5. The minimum absolute atomic E-state index is 0.00588. The van der Waals surface area contributed by atoms with Gasteiger partial charge in [0.2, 0.25) is 0 Å². The summed E-state index contributed by atoms with van der Waals surface area (Å²) in [6.45, 7) is 4.78. The van der Waals surface area contributed by atoms with Gasteiger partial charge in [0.25, 0.3) is 0 Å². The summed E-state index contributed by atoms with van der Waals surface area (Å²) in [6, 6.07) is 14.9. The van der Waals surface area contributed by atoms with Crippen LogP contribution in [0.1, 0.15) is 41.1 Å². The molecule has 0 amide bonds. The monoisotopic (exact) mass is 267 g/mol. The Morgan fingerprint density at radius 3 is 2.80 bits per heavy atom. The minimum atomic E-state index is 0.00588. The van der Waals surface area contributed by atoms with Crippen LogP contribution in [0.2, 0.25) is 0 Å². The van der Waals surface area contributed by atoms with E-state index in [1.165, 1.54) is 16.7 Å². The highest BCUT2D eigenvalue weighted by molar-refractivity contribution is 5.46. The molecule has 20 heavy (non-hydrogen) atoms. The SMILES string of the molecule is CCOc1ccc(C)cc1C(N)C1Cc2ccccc21. The largest absolute Gasteiger partial charge is 0.494 e. The molecule has 0 radical (unpaired) electrons. The fraction of sp³-hybridized carbons (Fsp3) is 0.333. The second-order valence-electron chi connectivity index (χ2n) is 5.51. The first kappa shape index (κ1) is 13.2. The van der Waals surface area contributed by atoms with Crippen molar-refractivity contribution in [2.75, 3.05) is 6.61 Å². The van der Waals surface area contributed by atoms with E-state index in [4.69, 9.17) is 10.5 Å². The molecule has 0 spiro atoms. The van der Waals surface area contributed by atoms with Gasteiger partial charge >= 0.3 is 0 Å². The first-order chi connectivity index (χ1) is 9.70. The second-order valence-corrected chi connectivity index (χ2v) is 5.51. The normalized spacial score (nSPS) is 18.1. The number of nitrogens with two attached hydrogens (primary N) is 1. The molecule has 3 rings (SSSR count). The van der Waals surface area contributed by atoms with Gasteiger partial charge in [0.05, 0.1) is 6.61 Å². The van der Waals surface area contributed by atoms with E-state index in [0.29, 0.717) is 12.5 Å². The summed E-state index contributed by atoms with van der Waals surface area (Å²) in [7, 11) is 0. The van der Waals surface area contributed by atoms with Gasteiger partial charge in [-0.3, -0.25) is 0 Å². The maximum atomic E-state index is 6.54. The van der Waals surface area contributed by atoms with Crippen molar-refractivity contribution in [3.63, 3.8) is 0 Å². The third-order valence-corrected chi connectivity index (χ3v) is 4.15. The van der Waals surface area contributed by atoms with Crippen molar-refractivity contribution in [3.05, 3.63) is 64.7 Å². The Hall–Kier alpha value is -1.80. The Kier molecular flexibility index (Phi) is 3.49. The number of ether oxygens (including phenoxy) is 1. The molecule has 2 N–H and O–H groups in total. The molecule has 2 nitrogen and oxygen atoms in total. The quantitative estimate of drug-likeness (QED) is 0.916. The summed E-state index contributed by atoms with van der Waals surface area (Å²) >= 11 is 0. The van der Waals surface area contributed by atoms with Gasteiger partial charge in [-0.25, -0.2) is 0 Å². The fourth-order valence-electron chi connectivity index (χ4n) is 3.05. The van der Waals surface area contributed by atoms with Gasteiger partial charge in [-0.1, -0.05) is 42.0 Å². The molecule has 2 aromatic rings. The van der Waals surface area contributed by atoms with Crippen LogP contribution in [0.15, 0.2) is 42.5 Å². The third-order valence-electron chi connectivity index (χ3n) is 4.15. The molecular weight excluding hydrogens is 246 g/mol. The van der Waals surface area contributed by atoms with Gasteiger partial charge in [0, 0.05) is 17.5 Å². The fourth-order valence-corrected chi connectivity index (χ4v) is 3.05. The van der Waals surface area contributed by atoms with Crippen molar-refractivity contribution in [1.82, 2.24) is 0 Å². The highest BCUT2D eigenvalue weighted by Crippen LogP contribution is 2.44. The van der Waals surface area contributed by atoms with E-state index in [-0.39, 0.29) is 6.04 Å². The smallest absolute Gasteiger partial charge is 0.124 e. The summed E-state index contributed by atoms with van der Waals surface area (Å²) in [5.74, 6) is 1.34. The molecule has 2 heteroatoms. The number of hydrogen-bond donors (Lipinski definition) is 1. The molecular formula is C18H21NO. The van der Waals surface area contributed by atoms with E-state index in [1.54, 1.807) is 0 Å².